The number of carboxylic acids is 2. The minimum absolute atomic E-state index is 0.0123. The van der Waals surface area contributed by atoms with Gasteiger partial charge in [-0.2, -0.15) is 0 Å². The second-order valence-electron chi connectivity index (χ2n) is 19.5. The van der Waals surface area contributed by atoms with Gasteiger partial charge in [-0.3, -0.25) is 24.1 Å². The van der Waals surface area contributed by atoms with Gasteiger partial charge in [0.25, 0.3) is 5.69 Å². The lowest BCUT2D eigenvalue weighted by Gasteiger charge is -2.37. The van der Waals surface area contributed by atoms with Crippen molar-refractivity contribution in [3.63, 3.8) is 0 Å². The molecule has 0 radical (unpaired) electrons. The van der Waals surface area contributed by atoms with Gasteiger partial charge in [0.05, 0.1) is 40.6 Å². The number of halogens is 1. The highest BCUT2D eigenvalue weighted by atomic mass is 35.5. The molecule has 0 amide bonds. The summed E-state index contributed by atoms with van der Waals surface area (Å²) in [5.41, 5.74) is 7.47. The predicted octanol–water partition coefficient (Wildman–Crippen LogP) is 11.8. The zero-order valence-electron chi connectivity index (χ0n) is 41.4. The lowest BCUT2D eigenvalue weighted by atomic mass is 9.94. The largest absolute Gasteiger partial charge is 0.481 e. The van der Waals surface area contributed by atoms with Gasteiger partial charge in [-0.15, -0.1) is 11.8 Å². The Labute approximate surface area is 436 Å². The molecule has 0 saturated carbocycles. The fourth-order valence-corrected chi connectivity index (χ4v) is 14.2. The van der Waals surface area contributed by atoms with Gasteiger partial charge in [0, 0.05) is 87.8 Å². The van der Waals surface area contributed by atoms with Crippen molar-refractivity contribution in [1.29, 1.82) is 0 Å². The number of likely N-dealkylation sites (tertiary alicyclic amines) is 1. The molecule has 0 spiro atoms. The van der Waals surface area contributed by atoms with Crippen molar-refractivity contribution < 1.29 is 33.8 Å². The Morgan fingerprint density at radius 1 is 0.808 bits per heavy atom. The van der Waals surface area contributed by atoms with Crippen LogP contribution in [0.3, 0.4) is 0 Å². The molecule has 0 unspecified atom stereocenters. The highest BCUT2D eigenvalue weighted by Gasteiger charge is 2.41. The molecule has 0 bridgehead atoms. The highest BCUT2D eigenvalue weighted by Crippen LogP contribution is 2.56. The normalized spacial score (nSPS) is 18.1. The Balaban J connectivity index is 0.880. The van der Waals surface area contributed by atoms with Gasteiger partial charge in [0.2, 0.25) is 0 Å². The fourth-order valence-electron chi connectivity index (χ4n) is 10.8. The van der Waals surface area contributed by atoms with Crippen molar-refractivity contribution >= 4 is 70.9 Å². The highest BCUT2D eigenvalue weighted by molar-refractivity contribution is 7.99. The van der Waals surface area contributed by atoms with Crippen molar-refractivity contribution in [3.05, 3.63) is 153 Å². The number of nitrogens with zero attached hydrogens (tertiary/aromatic N) is 6. The summed E-state index contributed by atoms with van der Waals surface area (Å²) in [6, 6.07) is 38.7. The van der Waals surface area contributed by atoms with Gasteiger partial charge in [-0.05, 0) is 150 Å². The van der Waals surface area contributed by atoms with E-state index in [0.717, 1.165) is 91.1 Å². The Kier molecular flexibility index (Phi) is 16.0. The summed E-state index contributed by atoms with van der Waals surface area (Å²) in [7, 11) is -3.71. The van der Waals surface area contributed by atoms with E-state index >= 15 is 0 Å². The average molecular weight is 1050 g/mol. The van der Waals surface area contributed by atoms with Crippen LogP contribution in [0, 0.1) is 28.9 Å². The number of aromatic nitrogens is 1. The molecule has 382 valence electrons. The van der Waals surface area contributed by atoms with Crippen LogP contribution in [-0.2, 0) is 20.3 Å². The lowest BCUT2D eigenvalue weighted by molar-refractivity contribution is -0.385. The summed E-state index contributed by atoms with van der Waals surface area (Å²) in [6.45, 7) is 11.7. The van der Waals surface area contributed by atoms with Gasteiger partial charge in [0.15, 0.2) is 0 Å². The Morgan fingerprint density at radius 3 is 2.12 bits per heavy atom. The molecule has 0 aliphatic carbocycles. The van der Waals surface area contributed by atoms with Crippen LogP contribution in [0.5, 0.6) is 0 Å². The van der Waals surface area contributed by atoms with Crippen molar-refractivity contribution in [3.8, 4) is 22.4 Å². The molecule has 4 heterocycles. The van der Waals surface area contributed by atoms with Crippen molar-refractivity contribution in [1.82, 2.24) is 9.47 Å². The van der Waals surface area contributed by atoms with Crippen molar-refractivity contribution in [2.75, 3.05) is 79.2 Å². The zero-order chi connectivity index (χ0) is 51.4. The van der Waals surface area contributed by atoms with Gasteiger partial charge in [-0.1, -0.05) is 60.1 Å². The standard InChI is InChI=1S/C56H62ClN6O8PS/c1-38(2)62-39(3)52(56(66)67)53(54(62)41-12-15-45(57)16-13-41)44-8-7-9-48(35-44)60-30-28-59(29-31-60)46-17-19-47(20-18-46)61-32-33-71-72(61,70)49-21-14-43(51(36-49)63(68)69)34-40(37-73-50-10-5-4-6-11-50)22-25-58-26-23-42(24-27-58)55(64)65/h4-21,35-36,38,40,42H,22-34,37H2,1-3H3,(H,64,65)(H,66,67)/t40-,72-/m0/s1. The van der Waals surface area contributed by atoms with Crippen molar-refractivity contribution in [2.45, 2.75) is 57.4 Å². The van der Waals surface area contributed by atoms with Crippen LogP contribution in [0.1, 0.15) is 60.8 Å². The van der Waals surface area contributed by atoms with Gasteiger partial charge in [-0.25, -0.2) is 4.79 Å². The average Bonchev–Trinajstić information content (AvgIpc) is 3.95. The number of aromatic carboxylic acids is 1. The minimum atomic E-state index is -3.71. The Morgan fingerprint density at radius 2 is 1.48 bits per heavy atom. The van der Waals surface area contributed by atoms with E-state index in [4.69, 9.17) is 16.1 Å². The first kappa shape index (κ1) is 51.8. The van der Waals surface area contributed by atoms with E-state index in [1.165, 1.54) is 6.07 Å². The van der Waals surface area contributed by atoms with Crippen LogP contribution in [0.25, 0.3) is 22.4 Å². The van der Waals surface area contributed by atoms with Crippen LogP contribution in [0.2, 0.25) is 5.02 Å². The summed E-state index contributed by atoms with van der Waals surface area (Å²) in [5.74, 6) is -1.18. The number of hydrogen-bond donors (Lipinski definition) is 2. The number of hydrogen-bond acceptors (Lipinski definition) is 10. The number of carboxylic acid groups (broad SMARTS) is 2. The third kappa shape index (κ3) is 11.4. The van der Waals surface area contributed by atoms with Crippen LogP contribution in [-0.4, -0.2) is 101 Å². The number of carbonyl (C=O) groups is 2. The maximum atomic E-state index is 14.9. The molecule has 9 rings (SSSR count). The first-order chi connectivity index (χ1) is 35.2. The van der Waals surface area contributed by atoms with E-state index in [9.17, 15) is 34.5 Å². The van der Waals surface area contributed by atoms with Gasteiger partial charge < -0.3 is 34.0 Å². The zero-order valence-corrected chi connectivity index (χ0v) is 43.9. The molecular weight excluding hydrogens is 983 g/mol. The summed E-state index contributed by atoms with van der Waals surface area (Å²) in [5, 5.41) is 33.7. The van der Waals surface area contributed by atoms with E-state index in [0.29, 0.717) is 53.3 Å². The second kappa shape index (κ2) is 22.6. The number of nitro benzene ring substituents is 1. The molecular formula is C56H62ClN6O8PS. The van der Waals surface area contributed by atoms with E-state index in [1.54, 1.807) is 28.6 Å². The molecule has 2 N–H and O–H groups in total. The topological polar surface area (TPSA) is 162 Å². The van der Waals surface area contributed by atoms with Crippen LogP contribution >= 0.6 is 30.9 Å². The van der Waals surface area contributed by atoms with Gasteiger partial charge in [0.1, 0.15) is 0 Å². The monoisotopic (exact) mass is 1040 g/mol. The molecule has 3 saturated heterocycles. The Bertz CT molecular complexity index is 2990. The molecule has 1 aromatic heterocycles. The quantitative estimate of drug-likeness (QED) is 0.0362. The minimum Gasteiger partial charge on any atom is -0.481 e. The smallest absolute Gasteiger partial charge is 0.338 e. The van der Waals surface area contributed by atoms with Crippen LogP contribution in [0.4, 0.5) is 22.7 Å². The molecule has 14 nitrogen and oxygen atoms in total. The number of piperazine rings is 1. The fraction of sp³-hybridized carbons (Fsp3) is 0.357. The van der Waals surface area contributed by atoms with Gasteiger partial charge >= 0.3 is 19.5 Å². The summed E-state index contributed by atoms with van der Waals surface area (Å²) >= 11 is 8.01. The molecule has 73 heavy (non-hydrogen) atoms. The van der Waals surface area contributed by atoms with Crippen molar-refractivity contribution in [2.24, 2.45) is 11.8 Å². The maximum absolute atomic E-state index is 14.9. The van der Waals surface area contributed by atoms with E-state index in [2.05, 4.69) is 57.4 Å². The van der Waals surface area contributed by atoms with Crippen LogP contribution in [0.15, 0.2) is 126 Å². The first-order valence-electron chi connectivity index (χ1n) is 25.1. The molecule has 3 aliphatic rings. The third-order valence-corrected chi connectivity index (χ3v) is 18.6. The number of anilines is 3. The number of aliphatic carboxylic acids is 1. The molecule has 6 aromatic rings. The lowest BCUT2D eigenvalue weighted by Crippen LogP contribution is -2.46. The summed E-state index contributed by atoms with van der Waals surface area (Å²) < 4.78 is 24.8. The number of benzene rings is 5. The third-order valence-electron chi connectivity index (χ3n) is 14.6. The van der Waals surface area contributed by atoms with Crippen LogP contribution < -0.4 is 19.8 Å². The molecule has 2 atom stereocenters. The Hall–Kier alpha value is -6.09. The number of piperidine rings is 1. The first-order valence-corrected chi connectivity index (χ1v) is 28.0. The van der Waals surface area contributed by atoms with E-state index in [-0.39, 0.29) is 46.0 Å². The molecule has 3 aliphatic heterocycles. The number of thioether (sulfide) groups is 1. The second-order valence-corrected chi connectivity index (χ2v) is 23.3. The van der Waals surface area contributed by atoms with E-state index in [1.807, 2.05) is 85.8 Å². The number of nitro groups is 1. The number of rotatable bonds is 18. The molecule has 5 aromatic carbocycles. The predicted molar refractivity (Wildman–Crippen MR) is 293 cm³/mol. The SMILES string of the molecule is Cc1c(C(=O)O)c(-c2cccc(N3CCN(c4ccc(N5CCO[P@@]5(=O)c5ccc(C[C@H](CCN6CCC(C(=O)O)CC6)CSc6ccccc6)c([N+](=O)[O-])c5)cc4)CC3)c2)c(-c2ccc(Cl)cc2)n1C(C)C. The summed E-state index contributed by atoms with van der Waals surface area (Å²) in [6.07, 6.45) is 2.50. The molecule has 17 heteroatoms. The van der Waals surface area contributed by atoms with E-state index < -0.39 is 19.5 Å². The molecule has 3 fully saturated rings. The summed E-state index contributed by atoms with van der Waals surface area (Å²) in [4.78, 5) is 44.9. The maximum Gasteiger partial charge on any atom is 0.338 e.